The van der Waals surface area contributed by atoms with Gasteiger partial charge in [0.25, 0.3) is 11.6 Å². The molecule has 6 heteroatoms. The van der Waals surface area contributed by atoms with Crippen molar-refractivity contribution in [2.24, 2.45) is 5.92 Å². The minimum absolute atomic E-state index is 0.0410. The smallest absolute Gasteiger partial charge is 0.269 e. The minimum atomic E-state index is -0.377. The van der Waals surface area contributed by atoms with Crippen molar-refractivity contribution in [3.63, 3.8) is 0 Å². The van der Waals surface area contributed by atoms with E-state index in [2.05, 4.69) is 22.8 Å². The topological polar surface area (TPSA) is 84.3 Å². The molecule has 28 heavy (non-hydrogen) atoms. The van der Waals surface area contributed by atoms with E-state index in [9.17, 15) is 14.9 Å². The van der Waals surface area contributed by atoms with Crippen LogP contribution in [0.25, 0.3) is 0 Å². The Morgan fingerprint density at radius 2 is 2.04 bits per heavy atom. The summed E-state index contributed by atoms with van der Waals surface area (Å²) in [5, 5.41) is 17.5. The van der Waals surface area contributed by atoms with E-state index in [1.54, 1.807) is 12.1 Å². The number of nitro groups is 1. The van der Waals surface area contributed by atoms with Crippen LogP contribution in [0, 0.1) is 16.0 Å². The molecular formula is C22H23N3O3. The molecule has 2 aromatic carbocycles. The zero-order valence-corrected chi connectivity index (χ0v) is 15.7. The fourth-order valence-corrected chi connectivity index (χ4v) is 4.21. The van der Waals surface area contributed by atoms with Crippen LogP contribution in [0.1, 0.15) is 53.2 Å². The van der Waals surface area contributed by atoms with E-state index >= 15 is 0 Å². The molecule has 0 saturated heterocycles. The maximum absolute atomic E-state index is 12.3. The molecule has 0 spiro atoms. The molecule has 0 fully saturated rings. The first-order chi connectivity index (χ1) is 13.6. The zero-order valence-electron chi connectivity index (χ0n) is 15.7. The van der Waals surface area contributed by atoms with Gasteiger partial charge in [0, 0.05) is 35.8 Å². The number of hydrogen-bond acceptors (Lipinski definition) is 4. The highest BCUT2D eigenvalue weighted by atomic mass is 16.6. The lowest BCUT2D eigenvalue weighted by molar-refractivity contribution is -0.384. The number of fused-ring (bicyclic) bond motifs is 3. The molecule has 1 amide bonds. The molecule has 0 aromatic heterocycles. The summed E-state index contributed by atoms with van der Waals surface area (Å²) in [6, 6.07) is 12.7. The normalized spacial score (nSPS) is 22.1. The van der Waals surface area contributed by atoms with Gasteiger partial charge in [-0.2, -0.15) is 0 Å². The van der Waals surface area contributed by atoms with Crippen LogP contribution in [0.2, 0.25) is 0 Å². The highest BCUT2D eigenvalue weighted by Gasteiger charge is 2.38. The summed E-state index contributed by atoms with van der Waals surface area (Å²) in [4.78, 5) is 22.9. The van der Waals surface area contributed by atoms with Gasteiger partial charge in [0.1, 0.15) is 0 Å². The molecule has 3 atom stereocenters. The highest BCUT2D eigenvalue weighted by molar-refractivity contribution is 5.95. The number of allylic oxidation sites excluding steroid dienone is 2. The van der Waals surface area contributed by atoms with Crippen LogP contribution in [0.3, 0.4) is 0 Å². The van der Waals surface area contributed by atoms with E-state index < -0.39 is 0 Å². The number of carbonyl (C=O) groups excluding carboxylic acids is 1. The second-order valence-corrected chi connectivity index (χ2v) is 7.38. The summed E-state index contributed by atoms with van der Waals surface area (Å²) in [7, 11) is 0. The first-order valence-corrected chi connectivity index (χ1v) is 9.68. The molecule has 2 aliphatic rings. The van der Waals surface area contributed by atoms with Gasteiger partial charge < -0.3 is 10.6 Å². The number of rotatable bonds is 5. The van der Waals surface area contributed by atoms with Gasteiger partial charge in [-0.25, -0.2) is 0 Å². The predicted molar refractivity (Wildman–Crippen MR) is 109 cm³/mol. The average Bonchev–Trinajstić information content (AvgIpc) is 3.21. The molecule has 2 N–H and O–H groups in total. The molecule has 1 heterocycles. The van der Waals surface area contributed by atoms with Crippen molar-refractivity contribution >= 4 is 17.3 Å². The van der Waals surface area contributed by atoms with Crippen molar-refractivity contribution in [1.29, 1.82) is 0 Å². The standard InChI is InChI=1S/C22H23N3O3/c1-2-12-23-22(26)15-8-11-20-19(13-15)17-4-3-5-18(17)21(24-20)14-6-9-16(10-7-14)25(27)28/h3-4,6-11,13,17-18,21,24H,2,5,12H2,1H3,(H,23,26). The monoisotopic (exact) mass is 377 g/mol. The van der Waals surface area contributed by atoms with E-state index in [0.717, 1.165) is 29.7 Å². The number of anilines is 1. The lowest BCUT2D eigenvalue weighted by Gasteiger charge is -2.37. The molecule has 6 nitrogen and oxygen atoms in total. The summed E-state index contributed by atoms with van der Waals surface area (Å²) in [5.74, 6) is 0.513. The maximum atomic E-state index is 12.3. The van der Waals surface area contributed by atoms with Crippen LogP contribution in [-0.4, -0.2) is 17.4 Å². The number of nitrogens with one attached hydrogen (secondary N) is 2. The van der Waals surface area contributed by atoms with Crippen LogP contribution in [0.4, 0.5) is 11.4 Å². The van der Waals surface area contributed by atoms with Gasteiger partial charge in [0.2, 0.25) is 0 Å². The van der Waals surface area contributed by atoms with Crippen molar-refractivity contribution in [3.05, 3.63) is 81.4 Å². The summed E-state index contributed by atoms with van der Waals surface area (Å²) in [6.45, 7) is 2.70. The van der Waals surface area contributed by atoms with Gasteiger partial charge in [-0.05, 0) is 48.1 Å². The largest absolute Gasteiger partial charge is 0.378 e. The number of nitro benzene ring substituents is 1. The van der Waals surface area contributed by atoms with Crippen molar-refractivity contribution in [3.8, 4) is 0 Å². The van der Waals surface area contributed by atoms with Crippen molar-refractivity contribution in [2.75, 3.05) is 11.9 Å². The van der Waals surface area contributed by atoms with Gasteiger partial charge in [-0.15, -0.1) is 0 Å². The number of benzene rings is 2. The van der Waals surface area contributed by atoms with Crippen LogP contribution in [-0.2, 0) is 0 Å². The molecule has 2 aromatic rings. The second kappa shape index (κ2) is 7.46. The summed E-state index contributed by atoms with van der Waals surface area (Å²) >= 11 is 0. The SMILES string of the molecule is CCCNC(=O)c1ccc2c(c1)C1C=CCC1C(c1ccc([N+](=O)[O-])cc1)N2. The van der Waals surface area contributed by atoms with Crippen LogP contribution >= 0.6 is 0 Å². The van der Waals surface area contributed by atoms with Crippen LogP contribution in [0.15, 0.2) is 54.6 Å². The molecule has 0 saturated carbocycles. The molecule has 1 aliphatic carbocycles. The quantitative estimate of drug-likeness (QED) is 0.454. The third-order valence-corrected chi connectivity index (χ3v) is 5.62. The maximum Gasteiger partial charge on any atom is 0.269 e. The van der Waals surface area contributed by atoms with Gasteiger partial charge >= 0.3 is 0 Å². The van der Waals surface area contributed by atoms with Crippen molar-refractivity contribution < 1.29 is 9.72 Å². The third kappa shape index (κ3) is 3.26. The Labute approximate surface area is 163 Å². The predicted octanol–water partition coefficient (Wildman–Crippen LogP) is 4.56. The fraction of sp³-hybridized carbons (Fsp3) is 0.318. The summed E-state index contributed by atoms with van der Waals surface area (Å²) < 4.78 is 0. The zero-order chi connectivity index (χ0) is 19.7. The number of non-ortho nitro benzene ring substituents is 1. The first kappa shape index (κ1) is 18.2. The van der Waals surface area contributed by atoms with Crippen molar-refractivity contribution in [2.45, 2.75) is 31.7 Å². The van der Waals surface area contributed by atoms with E-state index in [1.165, 1.54) is 0 Å². The van der Waals surface area contributed by atoms with Crippen LogP contribution < -0.4 is 10.6 Å². The Bertz CT molecular complexity index is 937. The van der Waals surface area contributed by atoms with Gasteiger partial charge in [-0.1, -0.05) is 31.2 Å². The Hall–Kier alpha value is -3.15. The van der Waals surface area contributed by atoms with Gasteiger partial charge in [-0.3, -0.25) is 14.9 Å². The Kier molecular flexibility index (Phi) is 4.86. The lowest BCUT2D eigenvalue weighted by Crippen LogP contribution is -2.30. The molecular weight excluding hydrogens is 354 g/mol. The Morgan fingerprint density at radius 1 is 1.25 bits per heavy atom. The van der Waals surface area contributed by atoms with E-state index in [0.29, 0.717) is 18.0 Å². The molecule has 0 bridgehead atoms. The van der Waals surface area contributed by atoms with E-state index in [1.807, 2.05) is 37.3 Å². The first-order valence-electron chi connectivity index (χ1n) is 9.68. The second-order valence-electron chi connectivity index (χ2n) is 7.38. The van der Waals surface area contributed by atoms with Crippen LogP contribution in [0.5, 0.6) is 0 Å². The Morgan fingerprint density at radius 3 is 2.75 bits per heavy atom. The van der Waals surface area contributed by atoms with E-state index in [-0.39, 0.29) is 28.5 Å². The number of nitrogens with zero attached hydrogens (tertiary/aromatic N) is 1. The Balaban J connectivity index is 1.64. The number of amides is 1. The lowest BCUT2D eigenvalue weighted by atomic mass is 9.76. The molecule has 3 unspecified atom stereocenters. The molecule has 4 rings (SSSR count). The van der Waals surface area contributed by atoms with Gasteiger partial charge in [0.05, 0.1) is 11.0 Å². The van der Waals surface area contributed by atoms with Gasteiger partial charge in [0.15, 0.2) is 0 Å². The molecule has 0 radical (unpaired) electrons. The van der Waals surface area contributed by atoms with E-state index in [4.69, 9.17) is 0 Å². The average molecular weight is 377 g/mol. The molecule has 144 valence electrons. The summed E-state index contributed by atoms with van der Waals surface area (Å²) in [5.41, 5.74) is 3.98. The number of hydrogen-bond donors (Lipinski definition) is 2. The third-order valence-electron chi connectivity index (χ3n) is 5.62. The number of carbonyl (C=O) groups is 1. The summed E-state index contributed by atoms with van der Waals surface area (Å²) in [6.07, 6.45) is 6.25. The van der Waals surface area contributed by atoms with Crippen molar-refractivity contribution in [1.82, 2.24) is 5.32 Å². The fourth-order valence-electron chi connectivity index (χ4n) is 4.21. The highest BCUT2D eigenvalue weighted by Crippen LogP contribution is 2.50. The molecule has 1 aliphatic heterocycles. The minimum Gasteiger partial charge on any atom is -0.378 e.